The van der Waals surface area contributed by atoms with Crippen LogP contribution in [0.2, 0.25) is 0 Å². The molecule has 0 aliphatic carbocycles. The molecule has 3 aromatic carbocycles. The van der Waals surface area contributed by atoms with Crippen LogP contribution < -0.4 is 4.74 Å². The summed E-state index contributed by atoms with van der Waals surface area (Å²) in [6, 6.07) is 21.7. The minimum Gasteiger partial charge on any atom is -0.488 e. The van der Waals surface area contributed by atoms with Gasteiger partial charge in [-0.05, 0) is 59.8 Å². The number of amides is 1. The highest BCUT2D eigenvalue weighted by molar-refractivity contribution is 9.10. The fourth-order valence-electron chi connectivity index (χ4n) is 3.08. The number of carbonyl (C=O) groups is 2. The second kappa shape index (κ2) is 10.1. The van der Waals surface area contributed by atoms with Crippen molar-refractivity contribution < 1.29 is 19.4 Å². The predicted octanol–water partition coefficient (Wildman–Crippen LogP) is 5.96. The number of carboxylic acids is 1. The molecule has 0 unspecified atom stereocenters. The number of hydrogen-bond donors (Lipinski definition) is 1. The number of aliphatic imine (C=N–C) groups is 1. The van der Waals surface area contributed by atoms with Crippen LogP contribution in [0.3, 0.4) is 0 Å². The van der Waals surface area contributed by atoms with Gasteiger partial charge >= 0.3 is 5.97 Å². The lowest BCUT2D eigenvalue weighted by Crippen LogP contribution is -2.23. The molecule has 3 aromatic rings. The first-order valence-corrected chi connectivity index (χ1v) is 11.6. The molecule has 1 fully saturated rings. The van der Waals surface area contributed by atoms with Crippen molar-refractivity contribution in [2.45, 2.75) is 6.61 Å². The molecule has 33 heavy (non-hydrogen) atoms. The van der Waals surface area contributed by atoms with Crippen LogP contribution in [-0.4, -0.2) is 34.1 Å². The summed E-state index contributed by atoms with van der Waals surface area (Å²) in [5.41, 5.74) is 2.43. The van der Waals surface area contributed by atoms with Crippen LogP contribution in [0.25, 0.3) is 6.08 Å². The van der Waals surface area contributed by atoms with Crippen molar-refractivity contribution in [2.24, 2.45) is 4.99 Å². The summed E-state index contributed by atoms with van der Waals surface area (Å²) in [4.78, 5) is 30.5. The van der Waals surface area contributed by atoms with Crippen LogP contribution >= 0.6 is 27.7 Å². The Morgan fingerprint density at radius 1 is 1.12 bits per heavy atom. The molecule has 0 aromatic heterocycles. The highest BCUT2D eigenvalue weighted by Gasteiger charge is 2.30. The van der Waals surface area contributed by atoms with E-state index < -0.39 is 5.97 Å². The Morgan fingerprint density at radius 3 is 2.64 bits per heavy atom. The molecule has 6 nitrogen and oxygen atoms in total. The summed E-state index contributed by atoms with van der Waals surface area (Å²) in [6.45, 7) is 0.404. The molecule has 0 saturated carbocycles. The quantitative estimate of drug-likeness (QED) is 0.404. The maximum absolute atomic E-state index is 12.8. The van der Waals surface area contributed by atoms with Gasteiger partial charge in [-0.2, -0.15) is 0 Å². The van der Waals surface area contributed by atoms with E-state index in [4.69, 9.17) is 4.74 Å². The monoisotopic (exact) mass is 522 g/mol. The zero-order valence-corrected chi connectivity index (χ0v) is 20.0. The molecular weight excluding hydrogens is 504 g/mol. The number of para-hydroxylation sites is 1. The SMILES string of the molecule is CN1C(=O)/C(=C/c2ccccc2OCc2ccc(Br)cc2)SC1=Nc1cccc(C(=O)O)c1. The summed E-state index contributed by atoms with van der Waals surface area (Å²) in [6.07, 6.45) is 1.79. The van der Waals surface area contributed by atoms with Crippen molar-refractivity contribution >= 4 is 56.5 Å². The number of benzene rings is 3. The van der Waals surface area contributed by atoms with Gasteiger partial charge in [0, 0.05) is 17.1 Å². The number of thioether (sulfide) groups is 1. The number of carbonyl (C=O) groups excluding carboxylic acids is 1. The summed E-state index contributed by atoms with van der Waals surface area (Å²) in [5, 5.41) is 9.66. The first-order valence-electron chi connectivity index (χ1n) is 9.96. The van der Waals surface area contributed by atoms with E-state index in [0.717, 1.165) is 15.6 Å². The van der Waals surface area contributed by atoms with E-state index in [-0.39, 0.29) is 11.5 Å². The lowest BCUT2D eigenvalue weighted by atomic mass is 10.2. The van der Waals surface area contributed by atoms with Crippen molar-refractivity contribution in [1.82, 2.24) is 4.90 Å². The van der Waals surface area contributed by atoms with Gasteiger partial charge in [0.2, 0.25) is 0 Å². The minimum atomic E-state index is -1.03. The van der Waals surface area contributed by atoms with E-state index in [1.165, 1.54) is 28.8 Å². The lowest BCUT2D eigenvalue weighted by molar-refractivity contribution is -0.121. The first-order chi connectivity index (χ1) is 15.9. The van der Waals surface area contributed by atoms with Crippen LogP contribution in [0.4, 0.5) is 5.69 Å². The number of rotatable bonds is 6. The Labute approximate surface area is 203 Å². The molecule has 1 heterocycles. The van der Waals surface area contributed by atoms with Crippen LogP contribution in [-0.2, 0) is 11.4 Å². The number of hydrogen-bond acceptors (Lipinski definition) is 5. The van der Waals surface area contributed by atoms with Gasteiger partial charge in [-0.1, -0.05) is 52.3 Å². The molecular formula is C25H19BrN2O4S. The molecule has 8 heteroatoms. The van der Waals surface area contributed by atoms with Crippen molar-refractivity contribution in [1.29, 1.82) is 0 Å². The fourth-order valence-corrected chi connectivity index (χ4v) is 4.33. The zero-order valence-electron chi connectivity index (χ0n) is 17.6. The van der Waals surface area contributed by atoms with Crippen LogP contribution in [0.15, 0.2) is 87.2 Å². The number of carboxylic acid groups (broad SMARTS) is 1. The summed E-state index contributed by atoms with van der Waals surface area (Å²) >= 11 is 4.66. The van der Waals surface area contributed by atoms with Crippen LogP contribution in [0.1, 0.15) is 21.5 Å². The first kappa shape index (κ1) is 22.8. The van der Waals surface area contributed by atoms with Gasteiger partial charge in [-0.15, -0.1) is 0 Å². The second-order valence-corrected chi connectivity index (χ2v) is 9.10. The van der Waals surface area contributed by atoms with Gasteiger partial charge in [0.25, 0.3) is 5.91 Å². The molecule has 0 spiro atoms. The Balaban J connectivity index is 1.56. The molecule has 1 aliphatic heterocycles. The van der Waals surface area contributed by atoms with Gasteiger partial charge < -0.3 is 9.84 Å². The van der Waals surface area contributed by atoms with E-state index >= 15 is 0 Å². The Hall–Kier alpha value is -3.36. The van der Waals surface area contributed by atoms with Crippen molar-refractivity contribution in [3.05, 3.63) is 98.9 Å². The molecule has 166 valence electrons. The van der Waals surface area contributed by atoms with Gasteiger partial charge in [0.15, 0.2) is 5.17 Å². The van der Waals surface area contributed by atoms with Gasteiger partial charge in [0.05, 0.1) is 16.2 Å². The third kappa shape index (κ3) is 5.53. The maximum Gasteiger partial charge on any atom is 0.335 e. The molecule has 0 atom stereocenters. The number of amidine groups is 1. The van der Waals surface area contributed by atoms with Crippen molar-refractivity contribution in [2.75, 3.05) is 7.05 Å². The van der Waals surface area contributed by atoms with E-state index in [1.54, 1.807) is 25.3 Å². The maximum atomic E-state index is 12.8. The fraction of sp³-hybridized carbons (Fsp3) is 0.0800. The smallest absolute Gasteiger partial charge is 0.335 e. The number of likely N-dealkylation sites (N-methyl/N-ethyl adjacent to an activating group) is 1. The van der Waals surface area contributed by atoms with E-state index in [0.29, 0.717) is 28.1 Å². The van der Waals surface area contributed by atoms with Gasteiger partial charge in [-0.25, -0.2) is 9.79 Å². The largest absolute Gasteiger partial charge is 0.488 e. The van der Waals surface area contributed by atoms with E-state index in [2.05, 4.69) is 20.9 Å². The van der Waals surface area contributed by atoms with Gasteiger partial charge in [0.1, 0.15) is 12.4 Å². The van der Waals surface area contributed by atoms with Crippen LogP contribution in [0.5, 0.6) is 5.75 Å². The molecule has 1 aliphatic rings. The number of halogens is 1. The highest BCUT2D eigenvalue weighted by Crippen LogP contribution is 2.35. The Morgan fingerprint density at radius 2 is 1.88 bits per heavy atom. The minimum absolute atomic E-state index is 0.140. The topological polar surface area (TPSA) is 79.2 Å². The predicted molar refractivity (Wildman–Crippen MR) is 134 cm³/mol. The number of aromatic carboxylic acids is 1. The molecule has 1 saturated heterocycles. The molecule has 0 bridgehead atoms. The molecule has 0 radical (unpaired) electrons. The Bertz CT molecular complexity index is 1270. The summed E-state index contributed by atoms with van der Waals surface area (Å²) < 4.78 is 7.02. The molecule has 1 amide bonds. The van der Waals surface area contributed by atoms with Crippen molar-refractivity contribution in [3.8, 4) is 5.75 Å². The average Bonchev–Trinajstić information content (AvgIpc) is 3.07. The van der Waals surface area contributed by atoms with Gasteiger partial charge in [-0.3, -0.25) is 9.69 Å². The second-order valence-electron chi connectivity index (χ2n) is 7.18. The number of ether oxygens (including phenoxy) is 1. The highest BCUT2D eigenvalue weighted by atomic mass is 79.9. The van der Waals surface area contributed by atoms with Crippen LogP contribution in [0, 0.1) is 0 Å². The molecule has 4 rings (SSSR count). The molecule has 1 N–H and O–H groups in total. The number of nitrogens with zero attached hydrogens (tertiary/aromatic N) is 2. The summed E-state index contributed by atoms with van der Waals surface area (Å²) in [7, 11) is 1.64. The standard InChI is InChI=1S/C25H19BrN2O4S/c1-28-23(29)22(33-25(28)27-20-7-4-6-18(13-20)24(30)31)14-17-5-2-3-8-21(17)32-15-16-9-11-19(26)12-10-16/h2-14H,15H2,1H3,(H,30,31)/b22-14-,27-25?. The van der Waals surface area contributed by atoms with E-state index in [9.17, 15) is 14.7 Å². The van der Waals surface area contributed by atoms with Crippen molar-refractivity contribution in [3.63, 3.8) is 0 Å². The third-order valence-corrected chi connectivity index (χ3v) is 6.42. The average molecular weight is 523 g/mol. The lowest BCUT2D eigenvalue weighted by Gasteiger charge is -2.10. The third-order valence-electron chi connectivity index (χ3n) is 4.83. The normalized spacial score (nSPS) is 15.9. The van der Waals surface area contributed by atoms with E-state index in [1.807, 2.05) is 48.5 Å². The Kier molecular flexibility index (Phi) is 6.96. The summed E-state index contributed by atoms with van der Waals surface area (Å²) in [5.74, 6) is -0.541. The zero-order chi connectivity index (χ0) is 23.4.